The van der Waals surface area contributed by atoms with Crippen LogP contribution in [0.1, 0.15) is 34.1 Å². The molecular formula is C9H20O. The van der Waals surface area contributed by atoms with Crippen LogP contribution in [0.4, 0.5) is 0 Å². The van der Waals surface area contributed by atoms with Crippen molar-refractivity contribution in [2.45, 2.75) is 34.1 Å². The van der Waals surface area contributed by atoms with Crippen molar-refractivity contribution < 1.29 is 5.11 Å². The SMILES string of the molecule is CC[C@H](C)C(CO)C(C)C. The quantitative estimate of drug-likeness (QED) is 0.642. The summed E-state index contributed by atoms with van der Waals surface area (Å²) in [5, 5.41) is 9.00. The van der Waals surface area contributed by atoms with Crippen LogP contribution in [0.5, 0.6) is 0 Å². The predicted molar refractivity (Wildman–Crippen MR) is 44.9 cm³/mol. The number of aliphatic hydroxyl groups is 1. The van der Waals surface area contributed by atoms with Crippen molar-refractivity contribution in [3.05, 3.63) is 0 Å². The van der Waals surface area contributed by atoms with Crippen LogP contribution >= 0.6 is 0 Å². The van der Waals surface area contributed by atoms with E-state index in [0.29, 0.717) is 24.4 Å². The van der Waals surface area contributed by atoms with Crippen molar-refractivity contribution in [3.63, 3.8) is 0 Å². The fourth-order valence-electron chi connectivity index (χ4n) is 1.35. The maximum atomic E-state index is 9.00. The lowest BCUT2D eigenvalue weighted by Gasteiger charge is -2.24. The van der Waals surface area contributed by atoms with Gasteiger partial charge in [0.15, 0.2) is 0 Å². The highest BCUT2D eigenvalue weighted by Gasteiger charge is 2.17. The first-order chi connectivity index (χ1) is 4.63. The van der Waals surface area contributed by atoms with Gasteiger partial charge < -0.3 is 5.11 Å². The molecule has 0 saturated heterocycles. The summed E-state index contributed by atoms with van der Waals surface area (Å²) in [6, 6.07) is 0. The maximum Gasteiger partial charge on any atom is 0.0464 e. The lowest BCUT2D eigenvalue weighted by molar-refractivity contribution is 0.140. The summed E-state index contributed by atoms with van der Waals surface area (Å²) in [5.41, 5.74) is 0. The summed E-state index contributed by atoms with van der Waals surface area (Å²) in [6.07, 6.45) is 1.17. The molecular weight excluding hydrogens is 124 g/mol. The van der Waals surface area contributed by atoms with Crippen LogP contribution in [0.15, 0.2) is 0 Å². The topological polar surface area (TPSA) is 20.2 Å². The van der Waals surface area contributed by atoms with E-state index in [-0.39, 0.29) is 0 Å². The third kappa shape index (κ3) is 2.70. The largest absolute Gasteiger partial charge is 0.396 e. The number of rotatable bonds is 4. The summed E-state index contributed by atoms with van der Waals surface area (Å²) in [4.78, 5) is 0. The van der Waals surface area contributed by atoms with Gasteiger partial charge in [0.25, 0.3) is 0 Å². The summed E-state index contributed by atoms with van der Waals surface area (Å²) in [5.74, 6) is 1.76. The minimum atomic E-state index is 0.340. The molecule has 0 aromatic heterocycles. The van der Waals surface area contributed by atoms with Gasteiger partial charge in [-0.25, -0.2) is 0 Å². The van der Waals surface area contributed by atoms with Crippen molar-refractivity contribution in [2.24, 2.45) is 17.8 Å². The van der Waals surface area contributed by atoms with Gasteiger partial charge in [0.05, 0.1) is 0 Å². The zero-order valence-corrected chi connectivity index (χ0v) is 7.59. The molecule has 0 heterocycles. The first kappa shape index (κ1) is 9.96. The molecule has 0 rings (SSSR count). The van der Waals surface area contributed by atoms with Gasteiger partial charge in [0.1, 0.15) is 0 Å². The Morgan fingerprint density at radius 2 is 1.70 bits per heavy atom. The van der Waals surface area contributed by atoms with Crippen molar-refractivity contribution in [1.29, 1.82) is 0 Å². The second-order valence-electron chi connectivity index (χ2n) is 3.48. The fourth-order valence-corrected chi connectivity index (χ4v) is 1.35. The van der Waals surface area contributed by atoms with Crippen LogP contribution in [0.2, 0.25) is 0 Å². The first-order valence-corrected chi connectivity index (χ1v) is 4.24. The highest BCUT2D eigenvalue weighted by Crippen LogP contribution is 2.22. The molecule has 0 bridgehead atoms. The Labute approximate surface area is 64.5 Å². The van der Waals surface area contributed by atoms with Crippen molar-refractivity contribution in [3.8, 4) is 0 Å². The van der Waals surface area contributed by atoms with Gasteiger partial charge in [-0.2, -0.15) is 0 Å². The molecule has 0 spiro atoms. The molecule has 0 aliphatic carbocycles. The Balaban J connectivity index is 3.80. The third-order valence-corrected chi connectivity index (χ3v) is 2.44. The second-order valence-corrected chi connectivity index (χ2v) is 3.48. The van der Waals surface area contributed by atoms with E-state index in [9.17, 15) is 0 Å². The summed E-state index contributed by atoms with van der Waals surface area (Å²) in [6.45, 7) is 9.07. The van der Waals surface area contributed by atoms with Crippen molar-refractivity contribution in [2.75, 3.05) is 6.61 Å². The van der Waals surface area contributed by atoms with Gasteiger partial charge in [-0.1, -0.05) is 34.1 Å². The molecule has 0 saturated carbocycles. The van der Waals surface area contributed by atoms with E-state index in [2.05, 4.69) is 27.7 Å². The van der Waals surface area contributed by atoms with Crippen molar-refractivity contribution in [1.82, 2.24) is 0 Å². The van der Waals surface area contributed by atoms with Gasteiger partial charge in [-0.3, -0.25) is 0 Å². The fraction of sp³-hybridized carbons (Fsp3) is 1.00. The number of hydrogen-bond acceptors (Lipinski definition) is 1. The Kier molecular flexibility index (Phi) is 4.71. The lowest BCUT2D eigenvalue weighted by Crippen LogP contribution is -2.20. The Hall–Kier alpha value is -0.0400. The van der Waals surface area contributed by atoms with Gasteiger partial charge in [0.2, 0.25) is 0 Å². The van der Waals surface area contributed by atoms with E-state index >= 15 is 0 Å². The van der Waals surface area contributed by atoms with Crippen LogP contribution in [-0.4, -0.2) is 11.7 Å². The zero-order valence-electron chi connectivity index (χ0n) is 7.59. The Morgan fingerprint density at radius 3 is 1.80 bits per heavy atom. The van der Waals surface area contributed by atoms with Crippen LogP contribution in [-0.2, 0) is 0 Å². The normalized spacial score (nSPS) is 17.4. The van der Waals surface area contributed by atoms with Gasteiger partial charge in [0, 0.05) is 6.61 Å². The Morgan fingerprint density at radius 1 is 1.20 bits per heavy atom. The van der Waals surface area contributed by atoms with E-state index in [0.717, 1.165) is 0 Å². The number of hydrogen-bond donors (Lipinski definition) is 1. The van der Waals surface area contributed by atoms with Gasteiger partial charge in [-0.15, -0.1) is 0 Å². The first-order valence-electron chi connectivity index (χ1n) is 4.24. The van der Waals surface area contributed by atoms with Gasteiger partial charge in [-0.05, 0) is 17.8 Å². The molecule has 2 atom stereocenters. The van der Waals surface area contributed by atoms with E-state index in [1.54, 1.807) is 0 Å². The van der Waals surface area contributed by atoms with Crippen LogP contribution in [0, 0.1) is 17.8 Å². The molecule has 0 amide bonds. The van der Waals surface area contributed by atoms with E-state index in [1.807, 2.05) is 0 Å². The Bertz CT molecular complexity index is 78.8. The minimum Gasteiger partial charge on any atom is -0.396 e. The molecule has 1 N–H and O–H groups in total. The third-order valence-electron chi connectivity index (χ3n) is 2.44. The molecule has 0 aliphatic rings. The lowest BCUT2D eigenvalue weighted by atomic mass is 9.84. The molecule has 1 unspecified atom stereocenters. The van der Waals surface area contributed by atoms with Crippen LogP contribution in [0.3, 0.4) is 0 Å². The molecule has 0 aromatic carbocycles. The highest BCUT2D eigenvalue weighted by molar-refractivity contribution is 4.67. The van der Waals surface area contributed by atoms with Gasteiger partial charge >= 0.3 is 0 Å². The minimum absolute atomic E-state index is 0.340. The maximum absolute atomic E-state index is 9.00. The zero-order chi connectivity index (χ0) is 8.15. The predicted octanol–water partition coefficient (Wildman–Crippen LogP) is 2.30. The average molecular weight is 144 g/mol. The van der Waals surface area contributed by atoms with E-state index in [1.165, 1.54) is 6.42 Å². The average Bonchev–Trinajstić information content (AvgIpc) is 1.88. The molecule has 62 valence electrons. The molecule has 0 aromatic rings. The standard InChI is InChI=1S/C9H20O/c1-5-8(4)9(6-10)7(2)3/h7-10H,5-6H2,1-4H3/t8-,9?/m0/s1. The molecule has 0 fully saturated rings. The monoisotopic (exact) mass is 144 g/mol. The molecule has 1 nitrogen and oxygen atoms in total. The molecule has 10 heavy (non-hydrogen) atoms. The van der Waals surface area contributed by atoms with E-state index < -0.39 is 0 Å². The summed E-state index contributed by atoms with van der Waals surface area (Å²) >= 11 is 0. The summed E-state index contributed by atoms with van der Waals surface area (Å²) < 4.78 is 0. The van der Waals surface area contributed by atoms with Crippen LogP contribution in [0.25, 0.3) is 0 Å². The van der Waals surface area contributed by atoms with E-state index in [4.69, 9.17) is 5.11 Å². The van der Waals surface area contributed by atoms with Crippen molar-refractivity contribution >= 4 is 0 Å². The van der Waals surface area contributed by atoms with Crippen LogP contribution < -0.4 is 0 Å². The molecule has 1 heteroatoms. The smallest absolute Gasteiger partial charge is 0.0464 e. The highest BCUT2D eigenvalue weighted by atomic mass is 16.3. The molecule has 0 aliphatic heterocycles. The molecule has 0 radical (unpaired) electrons. The second kappa shape index (κ2) is 4.73. The number of aliphatic hydroxyl groups excluding tert-OH is 1. The summed E-state index contributed by atoms with van der Waals surface area (Å²) in [7, 11) is 0.